The summed E-state index contributed by atoms with van der Waals surface area (Å²) in [5, 5.41) is 15.5. The van der Waals surface area contributed by atoms with Crippen LogP contribution in [0.2, 0.25) is 0 Å². The van der Waals surface area contributed by atoms with Crippen molar-refractivity contribution < 1.29 is 14.6 Å². The van der Waals surface area contributed by atoms with E-state index in [9.17, 15) is 9.90 Å². The topological polar surface area (TPSA) is 70.6 Å². The number of ether oxygens (including phenoxy) is 1. The largest absolute Gasteiger partial charge is 0.465 e. The summed E-state index contributed by atoms with van der Waals surface area (Å²) in [5.41, 5.74) is -0.845. The Bertz CT molecular complexity index is 270. The maximum absolute atomic E-state index is 11.4. The van der Waals surface area contributed by atoms with Gasteiger partial charge in [-0.25, -0.2) is 0 Å². The van der Waals surface area contributed by atoms with Crippen LogP contribution in [0.25, 0.3) is 0 Å². The fourth-order valence-electron chi connectivity index (χ4n) is 1.63. The van der Waals surface area contributed by atoms with Crippen molar-refractivity contribution in [2.24, 2.45) is 5.41 Å². The van der Waals surface area contributed by atoms with Crippen molar-refractivity contribution in [1.29, 1.82) is 0 Å². The Balaban J connectivity index is 2.22. The summed E-state index contributed by atoms with van der Waals surface area (Å²) >= 11 is 4.81. The summed E-state index contributed by atoms with van der Waals surface area (Å²) < 4.78 is 4.83. The van der Waals surface area contributed by atoms with Gasteiger partial charge in [-0.2, -0.15) is 0 Å². The van der Waals surface area contributed by atoms with E-state index >= 15 is 0 Å². The summed E-state index contributed by atoms with van der Waals surface area (Å²) in [4.78, 5) is 11.4. The first-order valence-electron chi connectivity index (χ1n) is 4.05. The van der Waals surface area contributed by atoms with Gasteiger partial charge < -0.3 is 20.5 Å². The minimum atomic E-state index is -0.934. The van der Waals surface area contributed by atoms with Crippen LogP contribution < -0.4 is 10.6 Å². The van der Waals surface area contributed by atoms with Gasteiger partial charge in [-0.15, -0.1) is 0 Å². The number of carbonyl (C=O) groups excluding carboxylic acids is 1. The third-order valence-corrected chi connectivity index (χ3v) is 2.81. The molecule has 0 saturated carbocycles. The average molecular weight is 202 g/mol. The molecule has 2 aliphatic heterocycles. The molecule has 13 heavy (non-hydrogen) atoms. The van der Waals surface area contributed by atoms with Crippen LogP contribution in [0.5, 0.6) is 0 Å². The third kappa shape index (κ3) is 1.17. The highest BCUT2D eigenvalue weighted by atomic mass is 32.1. The maximum atomic E-state index is 11.4. The highest BCUT2D eigenvalue weighted by molar-refractivity contribution is 7.80. The Labute approximate surface area is 80.4 Å². The van der Waals surface area contributed by atoms with E-state index in [0.29, 0.717) is 24.7 Å². The van der Waals surface area contributed by atoms with E-state index in [1.54, 1.807) is 0 Å². The molecule has 2 atom stereocenters. The van der Waals surface area contributed by atoms with E-state index in [-0.39, 0.29) is 5.97 Å². The number of carbonyl (C=O) groups is 1. The molecule has 0 aliphatic carbocycles. The predicted octanol–water partition coefficient (Wildman–Crippen LogP) is -1.28. The number of hydrogen-bond donors (Lipinski definition) is 3. The van der Waals surface area contributed by atoms with Crippen molar-refractivity contribution >= 4 is 23.3 Å². The van der Waals surface area contributed by atoms with Gasteiger partial charge in [0, 0.05) is 13.0 Å². The fourth-order valence-corrected chi connectivity index (χ4v) is 1.81. The smallest absolute Gasteiger partial charge is 0.318 e. The summed E-state index contributed by atoms with van der Waals surface area (Å²) in [5.74, 6) is -0.359. The number of esters is 1. The van der Waals surface area contributed by atoms with Gasteiger partial charge in [-0.1, -0.05) is 0 Å². The Kier molecular flexibility index (Phi) is 1.88. The van der Waals surface area contributed by atoms with Crippen LogP contribution in [-0.4, -0.2) is 35.6 Å². The Morgan fingerprint density at radius 1 is 1.69 bits per heavy atom. The Morgan fingerprint density at radius 3 is 3.00 bits per heavy atom. The molecule has 2 fully saturated rings. The molecule has 6 heteroatoms. The van der Waals surface area contributed by atoms with Crippen molar-refractivity contribution in [3.8, 4) is 0 Å². The van der Waals surface area contributed by atoms with Gasteiger partial charge in [-0.3, -0.25) is 4.79 Å². The lowest BCUT2D eigenvalue weighted by Crippen LogP contribution is -2.63. The first-order chi connectivity index (χ1) is 6.15. The highest BCUT2D eigenvalue weighted by Crippen LogP contribution is 2.33. The summed E-state index contributed by atoms with van der Waals surface area (Å²) in [7, 11) is 0. The maximum Gasteiger partial charge on any atom is 0.318 e. The van der Waals surface area contributed by atoms with Crippen molar-refractivity contribution in [2.75, 3.05) is 13.2 Å². The summed E-state index contributed by atoms with van der Waals surface area (Å²) in [6.45, 7) is 0.713. The van der Waals surface area contributed by atoms with Gasteiger partial charge in [0.05, 0.1) is 6.61 Å². The molecule has 72 valence electrons. The van der Waals surface area contributed by atoms with Crippen molar-refractivity contribution in [1.82, 2.24) is 10.6 Å². The second kappa shape index (κ2) is 2.81. The van der Waals surface area contributed by atoms with Crippen LogP contribution in [0.15, 0.2) is 0 Å². The molecule has 5 nitrogen and oxygen atoms in total. The lowest BCUT2D eigenvalue weighted by Gasteiger charge is -2.36. The molecule has 0 aromatic rings. The normalized spacial score (nSPS) is 38.4. The molecule has 2 rings (SSSR count). The number of cyclic esters (lactones) is 1. The molecule has 0 aromatic carbocycles. The van der Waals surface area contributed by atoms with Crippen molar-refractivity contribution in [3.63, 3.8) is 0 Å². The molecular weight excluding hydrogens is 192 g/mol. The molecular formula is C7H10N2O3S. The molecule has 1 spiro atoms. The van der Waals surface area contributed by atoms with E-state index in [2.05, 4.69) is 10.6 Å². The van der Waals surface area contributed by atoms with Crippen LogP contribution in [0.4, 0.5) is 0 Å². The second-order valence-electron chi connectivity index (χ2n) is 3.27. The van der Waals surface area contributed by atoms with Crippen LogP contribution in [0, 0.1) is 5.41 Å². The molecule has 2 saturated heterocycles. The number of thiocarbonyl (C=S) groups is 1. The van der Waals surface area contributed by atoms with E-state index in [1.165, 1.54) is 0 Å². The van der Waals surface area contributed by atoms with E-state index in [1.807, 2.05) is 0 Å². The summed E-state index contributed by atoms with van der Waals surface area (Å²) in [6, 6.07) is 0. The molecule has 0 bridgehead atoms. The third-order valence-electron chi connectivity index (χ3n) is 2.54. The zero-order valence-corrected chi connectivity index (χ0v) is 7.69. The molecule has 0 amide bonds. The van der Waals surface area contributed by atoms with Gasteiger partial charge in [-0.05, 0) is 12.2 Å². The Hall–Kier alpha value is -0.880. The predicted molar refractivity (Wildman–Crippen MR) is 47.8 cm³/mol. The molecule has 2 aliphatic rings. The van der Waals surface area contributed by atoms with Gasteiger partial charge in [0.15, 0.2) is 5.11 Å². The first-order valence-corrected chi connectivity index (χ1v) is 4.46. The minimum absolute atomic E-state index is 0.346. The minimum Gasteiger partial charge on any atom is -0.465 e. The SMILES string of the molecule is O=C1OCCC12CNC(=S)NC2O. The lowest BCUT2D eigenvalue weighted by molar-refractivity contribution is -0.152. The molecule has 2 unspecified atom stereocenters. The number of nitrogens with one attached hydrogen (secondary N) is 2. The van der Waals surface area contributed by atoms with E-state index in [0.717, 1.165) is 0 Å². The zero-order valence-electron chi connectivity index (χ0n) is 6.87. The van der Waals surface area contributed by atoms with E-state index < -0.39 is 11.6 Å². The van der Waals surface area contributed by atoms with Gasteiger partial charge in [0.25, 0.3) is 0 Å². The van der Waals surface area contributed by atoms with Crippen LogP contribution in [-0.2, 0) is 9.53 Å². The van der Waals surface area contributed by atoms with Crippen LogP contribution in [0.3, 0.4) is 0 Å². The molecule has 3 N–H and O–H groups in total. The quantitative estimate of drug-likeness (QED) is 0.335. The van der Waals surface area contributed by atoms with Crippen molar-refractivity contribution in [2.45, 2.75) is 12.6 Å². The van der Waals surface area contributed by atoms with Gasteiger partial charge >= 0.3 is 5.97 Å². The van der Waals surface area contributed by atoms with Gasteiger partial charge in [0.2, 0.25) is 0 Å². The summed E-state index contributed by atoms with van der Waals surface area (Å²) in [6.07, 6.45) is -0.411. The lowest BCUT2D eigenvalue weighted by atomic mass is 9.83. The number of hydrogen-bond acceptors (Lipinski definition) is 4. The zero-order chi connectivity index (χ0) is 9.47. The van der Waals surface area contributed by atoms with Crippen LogP contribution >= 0.6 is 12.2 Å². The molecule has 2 heterocycles. The molecule has 0 radical (unpaired) electrons. The van der Waals surface area contributed by atoms with Crippen LogP contribution in [0.1, 0.15) is 6.42 Å². The molecule has 0 aromatic heterocycles. The number of aliphatic hydroxyl groups excluding tert-OH is 1. The van der Waals surface area contributed by atoms with Gasteiger partial charge in [0.1, 0.15) is 11.6 Å². The first kappa shape index (κ1) is 8.71. The average Bonchev–Trinajstić information content (AvgIpc) is 2.43. The number of rotatable bonds is 0. The second-order valence-corrected chi connectivity index (χ2v) is 3.68. The number of aliphatic hydroxyl groups is 1. The van der Waals surface area contributed by atoms with E-state index in [4.69, 9.17) is 17.0 Å². The monoisotopic (exact) mass is 202 g/mol. The standard InChI is InChI=1S/C7H10N2O3S/c10-4-7(1-2-12-5(7)11)3-8-6(13)9-4/h4,10H,1-3H2,(H2,8,9,13). The van der Waals surface area contributed by atoms with Crippen molar-refractivity contribution in [3.05, 3.63) is 0 Å². The highest BCUT2D eigenvalue weighted by Gasteiger charge is 2.52. The fraction of sp³-hybridized carbons (Fsp3) is 0.714. The Morgan fingerprint density at radius 2 is 2.46 bits per heavy atom.